The molecule has 1 aromatic carbocycles. The molecular formula is C9H7I3O3. The Morgan fingerprint density at radius 2 is 2.00 bits per heavy atom. The highest BCUT2D eigenvalue weighted by Crippen LogP contribution is 2.32. The predicted molar refractivity (Wildman–Crippen MR) is 82.2 cm³/mol. The number of halogens is 3. The van der Waals surface area contributed by atoms with Gasteiger partial charge in [0, 0.05) is 3.57 Å². The normalized spacial score (nSPS) is 10.1. The molecule has 82 valence electrons. The van der Waals surface area contributed by atoms with Crippen LogP contribution in [0.15, 0.2) is 6.07 Å². The zero-order chi connectivity index (χ0) is 11.6. The molecule has 3 nitrogen and oxygen atoms in total. The summed E-state index contributed by atoms with van der Waals surface area (Å²) >= 11 is 6.04. The van der Waals surface area contributed by atoms with Crippen LogP contribution in [0.5, 0.6) is 5.75 Å². The Hall–Kier alpha value is 0.680. The minimum Gasteiger partial charge on any atom is -0.506 e. The van der Waals surface area contributed by atoms with Crippen LogP contribution in [0.2, 0.25) is 0 Å². The molecule has 1 aromatic rings. The lowest BCUT2D eigenvalue weighted by atomic mass is 10.2. The van der Waals surface area contributed by atoms with Gasteiger partial charge in [-0.15, -0.1) is 0 Å². The quantitative estimate of drug-likeness (QED) is 0.460. The molecule has 0 saturated carbocycles. The first-order valence-electron chi connectivity index (χ1n) is 4.02. The minimum absolute atomic E-state index is 0.139. The second kappa shape index (κ2) is 5.84. The van der Waals surface area contributed by atoms with Gasteiger partial charge in [0.25, 0.3) is 0 Å². The van der Waals surface area contributed by atoms with Crippen LogP contribution in [-0.4, -0.2) is 17.7 Å². The average molecular weight is 544 g/mol. The fourth-order valence-electron chi connectivity index (χ4n) is 0.970. The Morgan fingerprint density at radius 3 is 2.53 bits per heavy atom. The molecule has 6 heteroatoms. The van der Waals surface area contributed by atoms with E-state index in [0.29, 0.717) is 15.7 Å². The Bertz CT molecular complexity index is 404. The summed E-state index contributed by atoms with van der Waals surface area (Å²) in [5.74, 6) is -0.252. The number of carbonyl (C=O) groups excluding carboxylic acids is 1. The lowest BCUT2D eigenvalue weighted by molar-refractivity contribution is 0.0523. The molecule has 0 saturated heterocycles. The van der Waals surface area contributed by atoms with Crippen LogP contribution in [0.4, 0.5) is 0 Å². The number of ether oxygens (including phenoxy) is 1. The molecule has 0 heterocycles. The molecule has 1 rings (SSSR count). The Labute approximate surface area is 128 Å². The lowest BCUT2D eigenvalue weighted by Gasteiger charge is -2.09. The SMILES string of the molecule is CCOC(=O)c1c(I)cc(I)c(O)c1I. The van der Waals surface area contributed by atoms with Gasteiger partial charge in [-0.05, 0) is 80.8 Å². The minimum atomic E-state index is -0.391. The van der Waals surface area contributed by atoms with E-state index in [1.807, 2.05) is 45.2 Å². The molecule has 0 amide bonds. The van der Waals surface area contributed by atoms with Crippen LogP contribution >= 0.6 is 67.8 Å². The maximum atomic E-state index is 11.6. The van der Waals surface area contributed by atoms with Gasteiger partial charge in [0.05, 0.1) is 19.3 Å². The molecule has 0 aliphatic carbocycles. The molecular weight excluding hydrogens is 537 g/mol. The van der Waals surface area contributed by atoms with Crippen LogP contribution in [-0.2, 0) is 4.74 Å². The van der Waals surface area contributed by atoms with Gasteiger partial charge < -0.3 is 9.84 Å². The molecule has 1 N–H and O–H groups in total. The van der Waals surface area contributed by atoms with Crippen molar-refractivity contribution in [2.45, 2.75) is 6.92 Å². The molecule has 0 aliphatic heterocycles. The molecule has 0 aromatic heterocycles. The van der Waals surface area contributed by atoms with E-state index in [1.54, 1.807) is 13.0 Å². The van der Waals surface area contributed by atoms with Gasteiger partial charge in [-0.25, -0.2) is 4.79 Å². The molecule has 0 spiro atoms. The average Bonchev–Trinajstić information content (AvgIpc) is 2.15. The van der Waals surface area contributed by atoms with E-state index in [2.05, 4.69) is 22.6 Å². The second-order valence-electron chi connectivity index (χ2n) is 2.60. The first-order chi connectivity index (χ1) is 6.99. The van der Waals surface area contributed by atoms with E-state index in [0.717, 1.165) is 7.14 Å². The Morgan fingerprint density at radius 1 is 1.40 bits per heavy atom. The van der Waals surface area contributed by atoms with Gasteiger partial charge in [-0.2, -0.15) is 0 Å². The zero-order valence-electron chi connectivity index (χ0n) is 7.68. The van der Waals surface area contributed by atoms with E-state index in [4.69, 9.17) is 4.74 Å². The highest BCUT2D eigenvalue weighted by molar-refractivity contribution is 14.1. The number of esters is 1. The molecule has 0 fully saturated rings. The smallest absolute Gasteiger partial charge is 0.340 e. The number of benzene rings is 1. The number of hydrogen-bond donors (Lipinski definition) is 1. The third-order valence-electron chi connectivity index (χ3n) is 1.63. The van der Waals surface area contributed by atoms with Crippen molar-refractivity contribution < 1.29 is 14.6 Å². The van der Waals surface area contributed by atoms with E-state index in [-0.39, 0.29) is 5.75 Å². The summed E-state index contributed by atoms with van der Waals surface area (Å²) in [5.41, 5.74) is 0.441. The van der Waals surface area contributed by atoms with E-state index >= 15 is 0 Å². The molecule has 0 radical (unpaired) electrons. The van der Waals surface area contributed by atoms with Gasteiger partial charge in [0.15, 0.2) is 0 Å². The van der Waals surface area contributed by atoms with Gasteiger partial charge in [-0.1, -0.05) is 0 Å². The van der Waals surface area contributed by atoms with Crippen molar-refractivity contribution >= 4 is 73.7 Å². The molecule has 15 heavy (non-hydrogen) atoms. The van der Waals surface area contributed by atoms with E-state index < -0.39 is 5.97 Å². The van der Waals surface area contributed by atoms with Crippen LogP contribution < -0.4 is 0 Å². The summed E-state index contributed by atoms with van der Waals surface area (Å²) < 4.78 is 6.99. The fourth-order valence-corrected chi connectivity index (χ4v) is 4.78. The number of carbonyl (C=O) groups is 1. The summed E-state index contributed by atoms with van der Waals surface area (Å²) in [6.45, 7) is 2.09. The molecule has 0 unspecified atom stereocenters. The van der Waals surface area contributed by atoms with Gasteiger partial charge in [0.2, 0.25) is 0 Å². The first-order valence-corrected chi connectivity index (χ1v) is 7.26. The summed E-state index contributed by atoms with van der Waals surface area (Å²) in [5, 5.41) is 9.70. The molecule has 0 atom stereocenters. The topological polar surface area (TPSA) is 46.5 Å². The Balaban J connectivity index is 3.29. The van der Waals surface area contributed by atoms with Crippen molar-refractivity contribution in [3.63, 3.8) is 0 Å². The summed E-state index contributed by atoms with van der Waals surface area (Å²) in [6.07, 6.45) is 0. The number of phenolic OH excluding ortho intramolecular Hbond substituents is 1. The van der Waals surface area contributed by atoms with Crippen molar-refractivity contribution in [2.75, 3.05) is 6.61 Å². The second-order valence-corrected chi connectivity index (χ2v) is 6.00. The monoisotopic (exact) mass is 544 g/mol. The Kier molecular flexibility index (Phi) is 5.36. The van der Waals surface area contributed by atoms with Crippen molar-refractivity contribution in [3.05, 3.63) is 22.3 Å². The fraction of sp³-hybridized carbons (Fsp3) is 0.222. The standard InChI is InChI=1S/C9H7I3O3/c1-2-15-9(14)6-4(10)3-5(11)8(13)7(6)12/h3,13H,2H2,1H3. The highest BCUT2D eigenvalue weighted by Gasteiger charge is 2.20. The maximum Gasteiger partial charge on any atom is 0.340 e. The van der Waals surface area contributed by atoms with Gasteiger partial charge >= 0.3 is 5.97 Å². The number of aromatic hydroxyl groups is 1. The van der Waals surface area contributed by atoms with E-state index in [1.165, 1.54) is 0 Å². The van der Waals surface area contributed by atoms with Crippen molar-refractivity contribution in [1.82, 2.24) is 0 Å². The van der Waals surface area contributed by atoms with Crippen LogP contribution in [0, 0.1) is 10.7 Å². The number of hydrogen-bond acceptors (Lipinski definition) is 3. The summed E-state index contributed by atoms with van der Waals surface area (Å²) in [6, 6.07) is 1.75. The zero-order valence-corrected chi connectivity index (χ0v) is 14.2. The number of rotatable bonds is 2. The van der Waals surface area contributed by atoms with Crippen LogP contribution in [0.1, 0.15) is 17.3 Å². The molecule has 0 bridgehead atoms. The van der Waals surface area contributed by atoms with Crippen LogP contribution in [0.25, 0.3) is 0 Å². The predicted octanol–water partition coefficient (Wildman–Crippen LogP) is 3.38. The van der Waals surface area contributed by atoms with Crippen LogP contribution in [0.3, 0.4) is 0 Å². The maximum absolute atomic E-state index is 11.6. The van der Waals surface area contributed by atoms with Gasteiger partial charge in [-0.3, -0.25) is 0 Å². The van der Waals surface area contributed by atoms with E-state index in [9.17, 15) is 9.90 Å². The van der Waals surface area contributed by atoms with Crippen molar-refractivity contribution in [1.29, 1.82) is 0 Å². The lowest BCUT2D eigenvalue weighted by Crippen LogP contribution is -2.09. The highest BCUT2D eigenvalue weighted by atomic mass is 127. The largest absolute Gasteiger partial charge is 0.506 e. The number of phenols is 1. The van der Waals surface area contributed by atoms with Crippen molar-refractivity contribution in [2.24, 2.45) is 0 Å². The summed E-state index contributed by atoms with van der Waals surface area (Å²) in [7, 11) is 0. The first kappa shape index (κ1) is 13.7. The molecule has 0 aliphatic rings. The third-order valence-corrected chi connectivity index (χ3v) is 4.35. The third kappa shape index (κ3) is 3.08. The van der Waals surface area contributed by atoms with Gasteiger partial charge in [0.1, 0.15) is 5.75 Å². The summed E-state index contributed by atoms with van der Waals surface area (Å²) in [4.78, 5) is 11.6. The van der Waals surface area contributed by atoms with Crippen molar-refractivity contribution in [3.8, 4) is 5.75 Å².